The van der Waals surface area contributed by atoms with Crippen LogP contribution in [0, 0.1) is 5.82 Å². The molecule has 0 spiro atoms. The molecule has 3 heterocycles. The number of ether oxygens (including phenoxy) is 2. The van der Waals surface area contributed by atoms with Gasteiger partial charge in [-0.1, -0.05) is 36.4 Å². The van der Waals surface area contributed by atoms with Crippen LogP contribution in [-0.2, 0) is 20.7 Å². The zero-order valence-corrected chi connectivity index (χ0v) is 19.1. The molecule has 2 saturated heterocycles. The molecule has 1 N–H and O–H groups in total. The number of benzene rings is 2. The normalized spacial score (nSPS) is 27.6. The number of nitrogens with one attached hydrogen (secondary N) is 1. The second-order valence-electron chi connectivity index (χ2n) is 9.15. The smallest absolute Gasteiger partial charge is 0.252 e. The summed E-state index contributed by atoms with van der Waals surface area (Å²) in [5.41, 5.74) is 3.27. The second kappa shape index (κ2) is 9.89. The van der Waals surface area contributed by atoms with Crippen molar-refractivity contribution in [2.75, 3.05) is 46.5 Å². The van der Waals surface area contributed by atoms with E-state index < -0.39 is 6.10 Å². The zero-order chi connectivity index (χ0) is 22.8. The van der Waals surface area contributed by atoms with Crippen LogP contribution in [0.1, 0.15) is 29.2 Å². The van der Waals surface area contributed by atoms with Gasteiger partial charge in [0.05, 0.1) is 19.3 Å². The maximum absolute atomic E-state index is 13.8. The average molecular weight is 454 g/mol. The second-order valence-corrected chi connectivity index (χ2v) is 9.15. The Hall–Kier alpha value is -2.32. The molecule has 5 rings (SSSR count). The van der Waals surface area contributed by atoms with Gasteiger partial charge in [-0.05, 0) is 41.7 Å². The molecular weight excluding hydrogens is 421 g/mol. The molecule has 1 amide bonds. The van der Waals surface area contributed by atoms with E-state index in [1.165, 1.54) is 17.7 Å². The van der Waals surface area contributed by atoms with Crippen LogP contribution in [0.4, 0.5) is 4.39 Å². The van der Waals surface area contributed by atoms with Crippen molar-refractivity contribution >= 4 is 5.91 Å². The average Bonchev–Trinajstić information content (AvgIpc) is 2.86. The van der Waals surface area contributed by atoms with Crippen LogP contribution >= 0.6 is 0 Å². The van der Waals surface area contributed by atoms with Crippen LogP contribution in [0.15, 0.2) is 48.5 Å². The predicted octanol–water partition coefficient (Wildman–Crippen LogP) is 2.38. The molecule has 2 aromatic rings. The number of piperazine rings is 1. The number of hydrogen-bond donors (Lipinski definition) is 1. The van der Waals surface area contributed by atoms with Crippen LogP contribution in [0.5, 0.6) is 0 Å². The van der Waals surface area contributed by atoms with Crippen molar-refractivity contribution in [3.05, 3.63) is 71.0 Å². The maximum Gasteiger partial charge on any atom is 0.252 e. The summed E-state index contributed by atoms with van der Waals surface area (Å²) < 4.78 is 25.1. The number of carbonyl (C=O) groups excluding carboxylic acids is 1. The molecule has 0 radical (unpaired) electrons. The van der Waals surface area contributed by atoms with E-state index in [2.05, 4.69) is 22.3 Å². The summed E-state index contributed by atoms with van der Waals surface area (Å²) in [6.45, 7) is 4.58. The molecule has 3 aliphatic rings. The number of halogens is 1. The molecule has 4 atom stereocenters. The van der Waals surface area contributed by atoms with Gasteiger partial charge in [-0.25, -0.2) is 4.39 Å². The highest BCUT2D eigenvalue weighted by Crippen LogP contribution is 2.36. The Bertz CT molecular complexity index is 970. The minimum absolute atomic E-state index is 0.0214. The van der Waals surface area contributed by atoms with Crippen LogP contribution in [0.2, 0.25) is 0 Å². The summed E-state index contributed by atoms with van der Waals surface area (Å²) in [5, 5.41) is 3.61. The van der Waals surface area contributed by atoms with Crippen molar-refractivity contribution in [2.24, 2.45) is 0 Å². The Balaban J connectivity index is 1.37. The van der Waals surface area contributed by atoms with Gasteiger partial charge in [-0.2, -0.15) is 0 Å². The van der Waals surface area contributed by atoms with Gasteiger partial charge in [0.25, 0.3) is 5.91 Å². The molecule has 176 valence electrons. The highest BCUT2D eigenvalue weighted by molar-refractivity contribution is 5.82. The van der Waals surface area contributed by atoms with Crippen molar-refractivity contribution in [3.63, 3.8) is 0 Å². The number of fused-ring (bicyclic) bond motifs is 2. The molecule has 0 aliphatic carbocycles. The predicted molar refractivity (Wildman–Crippen MR) is 123 cm³/mol. The van der Waals surface area contributed by atoms with Crippen molar-refractivity contribution in [2.45, 2.75) is 37.1 Å². The molecule has 0 unspecified atom stereocenters. The molecule has 0 bridgehead atoms. The van der Waals surface area contributed by atoms with E-state index in [0.717, 1.165) is 37.2 Å². The third kappa shape index (κ3) is 4.55. The quantitative estimate of drug-likeness (QED) is 0.754. The lowest BCUT2D eigenvalue weighted by Gasteiger charge is -2.47. The van der Waals surface area contributed by atoms with E-state index in [1.807, 2.05) is 17.0 Å². The molecule has 2 fully saturated rings. The third-order valence-corrected chi connectivity index (χ3v) is 7.29. The van der Waals surface area contributed by atoms with E-state index in [1.54, 1.807) is 19.2 Å². The summed E-state index contributed by atoms with van der Waals surface area (Å²) in [6.07, 6.45) is 0.984. The molecule has 0 aromatic heterocycles. The number of rotatable bonds is 5. The standard InChI is InChI=1S/C26H32FN3O3/c1-32-15-14-29-13-11-28-22-16-24(33-17-23(22)29)26(31)30-12-10-18-4-2-3-5-21(18)25(30)19-6-8-20(27)9-7-19/h2-9,22-25,28H,10-17H2,1H3/t22-,23+,24+,25-/m0/s1. The summed E-state index contributed by atoms with van der Waals surface area (Å²) in [4.78, 5) is 18.2. The molecule has 3 aliphatic heterocycles. The number of amides is 1. The van der Waals surface area contributed by atoms with Crippen molar-refractivity contribution in [3.8, 4) is 0 Å². The van der Waals surface area contributed by atoms with Gasteiger partial charge in [0.15, 0.2) is 0 Å². The number of carbonyl (C=O) groups is 1. The highest BCUT2D eigenvalue weighted by Gasteiger charge is 2.42. The first-order chi connectivity index (χ1) is 16.2. The Kier molecular flexibility index (Phi) is 6.74. The highest BCUT2D eigenvalue weighted by atomic mass is 19.1. The number of nitrogens with zero attached hydrogens (tertiary/aromatic N) is 2. The van der Waals surface area contributed by atoms with Gasteiger partial charge < -0.3 is 19.7 Å². The molecular formula is C26H32FN3O3. The van der Waals surface area contributed by atoms with Gasteiger partial charge in [-0.15, -0.1) is 0 Å². The topological polar surface area (TPSA) is 54.0 Å². The Morgan fingerprint density at radius 3 is 2.82 bits per heavy atom. The van der Waals surface area contributed by atoms with Gasteiger partial charge in [0.2, 0.25) is 0 Å². The zero-order valence-electron chi connectivity index (χ0n) is 19.1. The molecule has 2 aromatic carbocycles. The molecule has 0 saturated carbocycles. The van der Waals surface area contributed by atoms with Crippen molar-refractivity contribution < 1.29 is 18.7 Å². The monoisotopic (exact) mass is 453 g/mol. The fourth-order valence-corrected chi connectivity index (χ4v) is 5.58. The largest absolute Gasteiger partial charge is 0.383 e. The first kappa shape index (κ1) is 22.5. The third-order valence-electron chi connectivity index (χ3n) is 7.29. The van der Waals surface area contributed by atoms with E-state index in [9.17, 15) is 9.18 Å². The van der Waals surface area contributed by atoms with Gasteiger partial charge >= 0.3 is 0 Å². The van der Waals surface area contributed by atoms with Crippen LogP contribution in [0.25, 0.3) is 0 Å². The van der Waals surface area contributed by atoms with Gasteiger partial charge in [0.1, 0.15) is 11.9 Å². The van der Waals surface area contributed by atoms with Crippen LogP contribution in [0.3, 0.4) is 0 Å². The maximum atomic E-state index is 13.8. The van der Waals surface area contributed by atoms with E-state index in [4.69, 9.17) is 9.47 Å². The van der Waals surface area contributed by atoms with Gasteiger partial charge in [-0.3, -0.25) is 9.69 Å². The lowest BCUT2D eigenvalue weighted by Crippen LogP contribution is -2.64. The molecule has 7 heteroatoms. The van der Waals surface area contributed by atoms with Gasteiger partial charge in [0, 0.05) is 45.4 Å². The van der Waals surface area contributed by atoms with Crippen LogP contribution < -0.4 is 5.32 Å². The first-order valence-corrected chi connectivity index (χ1v) is 11.9. The summed E-state index contributed by atoms with van der Waals surface area (Å²) in [5.74, 6) is -0.253. The summed E-state index contributed by atoms with van der Waals surface area (Å²) in [6, 6.07) is 15.0. The summed E-state index contributed by atoms with van der Waals surface area (Å²) in [7, 11) is 1.72. The van der Waals surface area contributed by atoms with E-state index in [0.29, 0.717) is 26.2 Å². The van der Waals surface area contributed by atoms with Crippen molar-refractivity contribution in [1.29, 1.82) is 0 Å². The Morgan fingerprint density at radius 2 is 2.00 bits per heavy atom. The van der Waals surface area contributed by atoms with Crippen molar-refractivity contribution in [1.82, 2.24) is 15.1 Å². The number of methoxy groups -OCH3 is 1. The van der Waals surface area contributed by atoms with E-state index >= 15 is 0 Å². The number of hydrogen-bond acceptors (Lipinski definition) is 5. The fourth-order valence-electron chi connectivity index (χ4n) is 5.58. The molecule has 6 nitrogen and oxygen atoms in total. The Morgan fingerprint density at radius 1 is 1.18 bits per heavy atom. The summed E-state index contributed by atoms with van der Waals surface area (Å²) >= 11 is 0. The lowest BCUT2D eigenvalue weighted by molar-refractivity contribution is -0.154. The minimum Gasteiger partial charge on any atom is -0.383 e. The Labute approximate surface area is 194 Å². The molecule has 33 heavy (non-hydrogen) atoms. The lowest BCUT2D eigenvalue weighted by atomic mass is 9.87. The first-order valence-electron chi connectivity index (χ1n) is 11.9. The SMILES string of the molecule is COCCN1CCN[C@H]2C[C@H](C(=O)N3CCc4ccccc4[C@@H]3c3ccc(F)cc3)OC[C@H]21. The van der Waals surface area contributed by atoms with Crippen LogP contribution in [-0.4, -0.2) is 80.4 Å². The van der Waals surface area contributed by atoms with E-state index in [-0.39, 0.29) is 29.8 Å². The fraction of sp³-hybridized carbons (Fsp3) is 0.500. The minimum atomic E-state index is -0.477.